The first-order valence-electron chi connectivity index (χ1n) is 0. The van der Waals surface area contributed by atoms with Crippen LogP contribution in [0.3, 0.4) is 0 Å². The van der Waals surface area contributed by atoms with Gasteiger partial charge in [0, 0.05) is 0 Å². The second kappa shape index (κ2) is 148. The predicted octanol–water partition coefficient (Wildman–Crippen LogP) is -0.656. The fraction of sp³-hybridized carbons (Fsp3) is 0. The zero-order valence-corrected chi connectivity index (χ0v) is 3.85. The molecular formula is CMgO3. The van der Waals surface area contributed by atoms with Gasteiger partial charge in [-0.2, -0.15) is 0 Å². The largest absolute Gasteiger partial charge is 4.00 e. The smallest absolute Gasteiger partial charge is 2.00 e. The molecule has 0 aromatic heterocycles. The molecule has 0 heterocycles. The van der Waals surface area contributed by atoms with Crippen molar-refractivity contribution in [1.29, 1.82) is 0 Å². The van der Waals surface area contributed by atoms with Gasteiger partial charge in [0.05, 0.1) is 0 Å². The van der Waals surface area contributed by atoms with Crippen LogP contribution in [-0.2, 0) is 16.4 Å². The molecule has 0 saturated carbocycles. The second-order valence-corrected chi connectivity index (χ2v) is 0. The standard InChI is InChI=1S/C.Mg.3O/q+4;+2;3*-2. The van der Waals surface area contributed by atoms with Crippen molar-refractivity contribution in [3.05, 3.63) is 7.43 Å². The zero-order valence-electron chi connectivity index (χ0n) is 2.43. The van der Waals surface area contributed by atoms with Crippen LogP contribution in [0.25, 0.3) is 0 Å². The topological polar surface area (TPSA) is 85.5 Å². The Kier molecular flexibility index (Phi) is 8630. The summed E-state index contributed by atoms with van der Waals surface area (Å²) in [6, 6.07) is 0. The van der Waals surface area contributed by atoms with Crippen LogP contribution >= 0.6 is 0 Å². The van der Waals surface area contributed by atoms with Crippen LogP contribution in [0.5, 0.6) is 0 Å². The summed E-state index contributed by atoms with van der Waals surface area (Å²) >= 11 is 0. The fourth-order valence-electron chi connectivity index (χ4n) is 0. The molecule has 0 bridgehead atoms. The molecule has 5 heavy (non-hydrogen) atoms. The average molecular weight is 84.3 g/mol. The summed E-state index contributed by atoms with van der Waals surface area (Å²) in [4.78, 5) is 0. The van der Waals surface area contributed by atoms with E-state index in [2.05, 4.69) is 0 Å². The van der Waals surface area contributed by atoms with Crippen molar-refractivity contribution in [2.24, 2.45) is 0 Å². The van der Waals surface area contributed by atoms with Crippen LogP contribution < -0.4 is 0 Å². The van der Waals surface area contributed by atoms with Gasteiger partial charge in [0.1, 0.15) is 0 Å². The molecule has 0 rings (SSSR count). The van der Waals surface area contributed by atoms with Gasteiger partial charge in [-0.25, -0.2) is 0 Å². The Labute approximate surface area is 47.5 Å². The van der Waals surface area contributed by atoms with E-state index in [1.807, 2.05) is 0 Å². The molecular weight excluding hydrogens is 84.3 g/mol. The minimum absolute atomic E-state index is 0. The molecule has 0 aliphatic heterocycles. The average Bonchev–Trinajstić information content (AvgIpc) is 0. The Morgan fingerprint density at radius 3 is 0.600 bits per heavy atom. The first kappa shape index (κ1) is 292. The summed E-state index contributed by atoms with van der Waals surface area (Å²) in [5.74, 6) is 0. The molecule has 0 atom stereocenters. The molecule has 0 saturated heterocycles. The maximum absolute atomic E-state index is 0. The fourth-order valence-corrected chi connectivity index (χ4v) is 0. The van der Waals surface area contributed by atoms with E-state index < -0.39 is 0 Å². The van der Waals surface area contributed by atoms with Gasteiger partial charge in [-0.05, 0) is 0 Å². The van der Waals surface area contributed by atoms with E-state index in [0.717, 1.165) is 0 Å². The molecule has 0 radical (unpaired) electrons. The van der Waals surface area contributed by atoms with Crippen LogP contribution in [0.1, 0.15) is 0 Å². The minimum Gasteiger partial charge on any atom is -2.00 e. The summed E-state index contributed by atoms with van der Waals surface area (Å²) in [5, 5.41) is 0. The Morgan fingerprint density at radius 2 is 0.600 bits per heavy atom. The van der Waals surface area contributed by atoms with Gasteiger partial charge in [0.25, 0.3) is 0 Å². The normalized spacial score (nSPS) is 0. The molecule has 0 spiro atoms. The number of hydrogen-bond acceptors (Lipinski definition) is 0. The summed E-state index contributed by atoms with van der Waals surface area (Å²) in [6.07, 6.45) is 0. The molecule has 4 heteroatoms. The third-order valence-electron chi connectivity index (χ3n) is 0. The molecule has 0 unspecified atom stereocenters. The molecule has 24 valence electrons. The van der Waals surface area contributed by atoms with Crippen LogP contribution in [-0.4, -0.2) is 23.1 Å². The van der Waals surface area contributed by atoms with Crippen LogP contribution in [0.4, 0.5) is 0 Å². The van der Waals surface area contributed by atoms with E-state index >= 15 is 0 Å². The van der Waals surface area contributed by atoms with Crippen molar-refractivity contribution in [2.45, 2.75) is 0 Å². The Balaban J connectivity index is 0. The first-order chi connectivity index (χ1) is 0. The molecule has 0 aliphatic carbocycles. The summed E-state index contributed by atoms with van der Waals surface area (Å²) in [7, 11) is 0. The first-order valence-corrected chi connectivity index (χ1v) is 0. The van der Waals surface area contributed by atoms with Crippen molar-refractivity contribution in [3.8, 4) is 0 Å². The Bertz CT molecular complexity index is 6.85. The maximum Gasteiger partial charge on any atom is 4.00 e. The van der Waals surface area contributed by atoms with Gasteiger partial charge in [0.15, 0.2) is 0 Å². The monoisotopic (exact) mass is 84.0 g/mol. The SMILES string of the molecule is [C+4].[Mg+2].[O-2].[O-2].[O-2]. The van der Waals surface area contributed by atoms with Crippen molar-refractivity contribution < 1.29 is 16.4 Å². The van der Waals surface area contributed by atoms with E-state index in [1.54, 1.807) is 0 Å². The maximum atomic E-state index is 0. The molecule has 0 fully saturated rings. The van der Waals surface area contributed by atoms with Crippen molar-refractivity contribution in [1.82, 2.24) is 0 Å². The van der Waals surface area contributed by atoms with Gasteiger partial charge in [-0.3, -0.25) is 0 Å². The summed E-state index contributed by atoms with van der Waals surface area (Å²) in [6.45, 7) is 0. The van der Waals surface area contributed by atoms with Crippen LogP contribution in [0, 0.1) is 7.43 Å². The van der Waals surface area contributed by atoms with E-state index in [-0.39, 0.29) is 46.9 Å². The van der Waals surface area contributed by atoms with Crippen LogP contribution in [0.2, 0.25) is 0 Å². The summed E-state index contributed by atoms with van der Waals surface area (Å²) in [5.41, 5.74) is 0. The third-order valence-corrected chi connectivity index (χ3v) is 0. The molecule has 0 amide bonds. The molecule has 0 aromatic carbocycles. The molecule has 0 aromatic rings. The summed E-state index contributed by atoms with van der Waals surface area (Å²) < 4.78 is 0. The van der Waals surface area contributed by atoms with Crippen molar-refractivity contribution in [3.63, 3.8) is 0 Å². The van der Waals surface area contributed by atoms with Crippen LogP contribution in [0.15, 0.2) is 0 Å². The van der Waals surface area contributed by atoms with Crippen molar-refractivity contribution in [2.75, 3.05) is 0 Å². The van der Waals surface area contributed by atoms with Crippen molar-refractivity contribution >= 4 is 23.1 Å². The van der Waals surface area contributed by atoms with E-state index in [1.165, 1.54) is 0 Å². The molecule has 0 aliphatic rings. The number of rotatable bonds is 0. The van der Waals surface area contributed by atoms with E-state index in [4.69, 9.17) is 0 Å². The molecule has 3 nitrogen and oxygen atoms in total. The van der Waals surface area contributed by atoms with E-state index in [0.29, 0.717) is 0 Å². The number of hydrogen-bond donors (Lipinski definition) is 0. The van der Waals surface area contributed by atoms with Gasteiger partial charge >= 0.3 is 30.5 Å². The van der Waals surface area contributed by atoms with Gasteiger partial charge < -0.3 is 16.4 Å². The van der Waals surface area contributed by atoms with Gasteiger partial charge in [-0.15, -0.1) is 0 Å². The van der Waals surface area contributed by atoms with Gasteiger partial charge in [-0.1, -0.05) is 0 Å². The van der Waals surface area contributed by atoms with E-state index in [9.17, 15) is 0 Å². The Hall–Kier alpha value is 0.646. The molecule has 0 N–H and O–H groups in total. The van der Waals surface area contributed by atoms with Gasteiger partial charge in [0.2, 0.25) is 0 Å². The zero-order chi connectivity index (χ0) is 0. The minimum atomic E-state index is 0. The third kappa shape index (κ3) is 77.9. The predicted molar refractivity (Wildman–Crippen MR) is 11.1 cm³/mol. The second-order valence-electron chi connectivity index (χ2n) is 0. The Morgan fingerprint density at radius 1 is 0.600 bits per heavy atom. The quantitative estimate of drug-likeness (QED) is 0.349.